The lowest BCUT2D eigenvalue weighted by Crippen LogP contribution is -2.62. The number of aromatic nitrogens is 3. The predicted octanol–water partition coefficient (Wildman–Crippen LogP) is 7.40. The monoisotopic (exact) mass is 1340 g/mol. The fourth-order valence-corrected chi connectivity index (χ4v) is 14.2. The van der Waals surface area contributed by atoms with E-state index in [2.05, 4.69) is 20.3 Å². The highest BCUT2D eigenvalue weighted by Crippen LogP contribution is 2.48. The number of likely N-dealkylation sites (N-methyl/N-ethyl adjacent to an activating group) is 1. The molecule has 0 spiro atoms. The molecule has 97 heavy (non-hydrogen) atoms. The lowest BCUT2D eigenvalue weighted by Gasteiger charge is -2.46. The standard InChI is InChI=1S/C24H21ClN2O7.C24H21N3O6.C22H20N2O6/c1-31-23(29)13-3-5-14-15-9-17(24(30)32-2)27(20(28)10-25)22(21(15)26-16(14)7-13)12-4-6-18-19(8-12)34-11-33-18;1-26-10-20(28)27-17(23(26)29)9-15-14-5-3-13(24(30)31-2)7-16(14)25-21(15)22(27)12-4-6-18-19(8-12)33-11-32-18;1-27-21(25)12-3-5-13-14-9-16(22(26)28-2)24-19(20(14)23-15(13)7-12)11-4-6-17-18(8-11)30-10-29-17/h3-8,17,22,26H,9-11H2,1-2H3;3-8,17,22,25H,9-11H2,1-2H3;3-8,16,19,23-24H,9-10H2,1-2H3/t2*17-,22-;16-,19?/m111/s1. The number of aromatic amines is 3. The van der Waals surface area contributed by atoms with Crippen LogP contribution in [0.5, 0.6) is 34.5 Å². The van der Waals surface area contributed by atoms with E-state index in [-0.39, 0.29) is 63.0 Å². The van der Waals surface area contributed by atoms with Gasteiger partial charge >= 0.3 is 29.8 Å². The highest BCUT2D eigenvalue weighted by molar-refractivity contribution is 6.27. The number of carbonyl (C=O) groups is 8. The Labute approximate surface area is 556 Å². The van der Waals surface area contributed by atoms with Crippen LogP contribution in [0, 0.1) is 0 Å². The SMILES string of the molecule is COC(=O)c1ccc2c3c([nH]c2c1)C(c1ccc2c(c1)OCO2)N[C@@H](C(=O)OC)C3.COC(=O)c1ccc2c3c([nH]c2c1)[C@@H](c1ccc2c(c1)OCO2)N(C(=O)CCl)[C@@H](C(=O)OC)C3.COC(=O)c1ccc2c3c([nH]c2c1)[C@@H](c1ccc2c(c1)OCO2)N1C(=O)CN(C)C(=O)[C@H]1C3. The summed E-state index contributed by atoms with van der Waals surface area (Å²) in [7, 11) is 8.33. The van der Waals surface area contributed by atoms with Gasteiger partial charge in [-0.3, -0.25) is 24.5 Å². The summed E-state index contributed by atoms with van der Waals surface area (Å²) in [5.41, 5.74) is 11.3. The summed E-state index contributed by atoms with van der Waals surface area (Å²) < 4.78 is 57.5. The van der Waals surface area contributed by atoms with Gasteiger partial charge in [0.1, 0.15) is 24.0 Å². The molecule has 16 rings (SSSR count). The van der Waals surface area contributed by atoms with Crippen molar-refractivity contribution in [1.82, 2.24) is 35.0 Å². The second-order valence-corrected chi connectivity index (χ2v) is 24.0. The number of H-pyrrole nitrogens is 3. The number of alkyl halides is 1. The van der Waals surface area contributed by atoms with Gasteiger partial charge in [0.2, 0.25) is 38.1 Å². The van der Waals surface area contributed by atoms with Crippen LogP contribution in [0.2, 0.25) is 0 Å². The van der Waals surface area contributed by atoms with Crippen molar-refractivity contribution in [3.8, 4) is 34.5 Å². The van der Waals surface area contributed by atoms with Crippen LogP contribution in [0.15, 0.2) is 109 Å². The second-order valence-electron chi connectivity index (χ2n) is 23.7. The average molecular weight is 1340 g/mol. The molecule has 6 atom stereocenters. The maximum Gasteiger partial charge on any atom is 0.337 e. The van der Waals surface area contributed by atoms with E-state index in [1.54, 1.807) is 66.5 Å². The number of nitrogens with one attached hydrogen (secondary N) is 4. The number of rotatable bonds is 9. The van der Waals surface area contributed by atoms with Crippen LogP contribution in [-0.4, -0.2) is 171 Å². The number of halogens is 1. The first-order chi connectivity index (χ1) is 47.0. The van der Waals surface area contributed by atoms with Crippen LogP contribution < -0.4 is 33.7 Å². The van der Waals surface area contributed by atoms with Gasteiger partial charge in [0, 0.05) is 76.1 Å². The zero-order valence-electron chi connectivity index (χ0n) is 53.0. The van der Waals surface area contributed by atoms with Crippen molar-refractivity contribution in [1.29, 1.82) is 0 Å². The van der Waals surface area contributed by atoms with E-state index in [1.165, 1.54) is 45.3 Å². The predicted molar refractivity (Wildman–Crippen MR) is 344 cm³/mol. The maximum atomic E-state index is 13.2. The summed E-state index contributed by atoms with van der Waals surface area (Å²) in [6, 6.07) is 29.0. The summed E-state index contributed by atoms with van der Waals surface area (Å²) in [5.74, 6) is 0.643. The molecule has 1 fully saturated rings. The average Bonchev–Trinajstić information content (AvgIpc) is 1.66. The van der Waals surface area contributed by atoms with Gasteiger partial charge in [0.05, 0.1) is 76.9 Å². The summed E-state index contributed by atoms with van der Waals surface area (Å²) in [6.07, 6.45) is 1.09. The van der Waals surface area contributed by atoms with Gasteiger partial charge in [-0.2, -0.15) is 0 Å². The number of piperazine rings is 1. The number of nitrogens with zero attached hydrogens (tertiary/aromatic N) is 3. The molecule has 0 radical (unpaired) electrons. The molecule has 26 nitrogen and oxygen atoms in total. The maximum absolute atomic E-state index is 13.2. The van der Waals surface area contributed by atoms with E-state index in [4.69, 9.17) is 63.7 Å². The van der Waals surface area contributed by atoms with Gasteiger partial charge in [-0.1, -0.05) is 36.4 Å². The third-order valence-corrected chi connectivity index (χ3v) is 18.8. The highest BCUT2D eigenvalue weighted by atomic mass is 35.5. The molecule has 10 heterocycles. The van der Waals surface area contributed by atoms with Gasteiger partial charge < -0.3 is 81.8 Å². The van der Waals surface area contributed by atoms with Gasteiger partial charge in [0.25, 0.3) is 0 Å². The smallest absolute Gasteiger partial charge is 0.337 e. The molecule has 7 aliphatic heterocycles. The van der Waals surface area contributed by atoms with E-state index in [0.717, 1.165) is 72.1 Å². The van der Waals surface area contributed by atoms with E-state index < -0.39 is 60.0 Å². The third-order valence-electron chi connectivity index (χ3n) is 18.6. The van der Waals surface area contributed by atoms with Crippen molar-refractivity contribution < 1.29 is 90.5 Å². The van der Waals surface area contributed by atoms with Crippen molar-refractivity contribution in [2.24, 2.45) is 0 Å². The molecule has 27 heteroatoms. The molecule has 498 valence electrons. The molecule has 3 amide bonds. The lowest BCUT2D eigenvalue weighted by molar-refractivity contribution is -0.157. The number of hydrogen-bond donors (Lipinski definition) is 4. The zero-order valence-corrected chi connectivity index (χ0v) is 53.7. The number of amides is 3. The Hall–Kier alpha value is -11.3. The number of hydrogen-bond acceptors (Lipinski definition) is 20. The normalized spacial score (nSPS) is 19.7. The Morgan fingerprint density at radius 3 is 1.41 bits per heavy atom. The first kappa shape index (κ1) is 63.2. The molecule has 6 aromatic carbocycles. The second kappa shape index (κ2) is 25.5. The van der Waals surface area contributed by atoms with E-state index in [0.29, 0.717) is 75.1 Å². The highest BCUT2D eigenvalue weighted by Gasteiger charge is 2.49. The van der Waals surface area contributed by atoms with E-state index in [1.807, 2.05) is 54.6 Å². The molecule has 0 bridgehead atoms. The molecule has 0 saturated carbocycles. The fraction of sp³-hybridized carbons (Fsp3) is 0.286. The summed E-state index contributed by atoms with van der Waals surface area (Å²) >= 11 is 5.97. The number of fused-ring (bicyclic) bond motifs is 13. The molecule has 1 saturated heterocycles. The summed E-state index contributed by atoms with van der Waals surface area (Å²) in [4.78, 5) is 116. The van der Waals surface area contributed by atoms with Gasteiger partial charge in [-0.25, -0.2) is 19.2 Å². The number of methoxy groups -OCH3 is 5. The largest absolute Gasteiger partial charge is 0.468 e. The van der Waals surface area contributed by atoms with Crippen LogP contribution in [0.1, 0.15) is 99.7 Å². The van der Waals surface area contributed by atoms with Crippen molar-refractivity contribution in [3.63, 3.8) is 0 Å². The molecular weight excluding hydrogens is 1280 g/mol. The Morgan fingerprint density at radius 1 is 0.495 bits per heavy atom. The quantitative estimate of drug-likeness (QED) is 0.0621. The van der Waals surface area contributed by atoms with Crippen LogP contribution in [-0.2, 0) is 66.9 Å². The minimum Gasteiger partial charge on any atom is -0.468 e. The topological polar surface area (TPSA) is 307 Å². The summed E-state index contributed by atoms with van der Waals surface area (Å²) in [5, 5.41) is 6.09. The Bertz CT molecular complexity index is 4770. The minimum atomic E-state index is -0.890. The van der Waals surface area contributed by atoms with Crippen LogP contribution in [0.25, 0.3) is 32.7 Å². The minimum absolute atomic E-state index is 0.0262. The van der Waals surface area contributed by atoms with Crippen molar-refractivity contribution >= 4 is 91.9 Å². The number of ether oxygens (including phenoxy) is 11. The number of esters is 5. The fourth-order valence-electron chi connectivity index (χ4n) is 14.0. The van der Waals surface area contributed by atoms with Crippen molar-refractivity contribution in [2.45, 2.75) is 55.5 Å². The van der Waals surface area contributed by atoms with Crippen LogP contribution in [0.4, 0.5) is 0 Å². The van der Waals surface area contributed by atoms with Gasteiger partial charge in [-0.05, 0) is 106 Å². The first-order valence-electron chi connectivity index (χ1n) is 30.7. The molecular formula is C70H62ClN7O19. The molecule has 0 aliphatic carbocycles. The number of carbonyl (C=O) groups excluding carboxylic acids is 8. The van der Waals surface area contributed by atoms with Gasteiger partial charge in [-0.15, -0.1) is 11.6 Å². The molecule has 4 N–H and O–H groups in total. The Balaban J connectivity index is 0.000000125. The molecule has 1 unspecified atom stereocenters. The Morgan fingerprint density at radius 2 is 0.928 bits per heavy atom. The molecule has 3 aromatic heterocycles. The van der Waals surface area contributed by atoms with Crippen LogP contribution >= 0.6 is 11.6 Å². The third kappa shape index (κ3) is 11.1. The van der Waals surface area contributed by atoms with Gasteiger partial charge in [0.15, 0.2) is 34.5 Å². The van der Waals surface area contributed by atoms with Crippen molar-refractivity contribution in [3.05, 3.63) is 176 Å². The van der Waals surface area contributed by atoms with E-state index in [9.17, 15) is 38.4 Å². The van der Waals surface area contributed by atoms with Crippen LogP contribution in [0.3, 0.4) is 0 Å². The Kier molecular flexibility index (Phi) is 16.6. The first-order valence-corrected chi connectivity index (χ1v) is 31.3. The molecule has 9 aromatic rings. The molecule has 7 aliphatic rings. The van der Waals surface area contributed by atoms with E-state index >= 15 is 0 Å². The lowest BCUT2D eigenvalue weighted by atomic mass is 9.86. The van der Waals surface area contributed by atoms with Crippen molar-refractivity contribution in [2.75, 3.05) is 75.4 Å². The summed E-state index contributed by atoms with van der Waals surface area (Å²) in [6.45, 7) is 0.465. The zero-order chi connectivity index (χ0) is 67.7. The number of benzene rings is 6.